The molecule has 240 valence electrons. The number of nitrogens with two attached hydrogens (primary N) is 1. The molecule has 44 heavy (non-hydrogen) atoms. The summed E-state index contributed by atoms with van der Waals surface area (Å²) in [6.07, 6.45) is -1.50. The molecule has 0 spiro atoms. The minimum absolute atomic E-state index is 0. The third-order valence-corrected chi connectivity index (χ3v) is 9.15. The number of amides is 4. The van der Waals surface area contributed by atoms with Gasteiger partial charge in [0.25, 0.3) is 11.8 Å². The van der Waals surface area contributed by atoms with E-state index in [1.807, 2.05) is 13.8 Å². The van der Waals surface area contributed by atoms with Crippen LogP contribution in [0.15, 0.2) is 30.3 Å². The van der Waals surface area contributed by atoms with Gasteiger partial charge in [-0.3, -0.25) is 29.0 Å². The van der Waals surface area contributed by atoms with Crippen LogP contribution in [-0.2, 0) is 23.9 Å². The molecule has 16 heteroatoms. The average Bonchev–Trinajstić information content (AvgIpc) is 3.57. The molecule has 0 unspecified atom stereocenters. The highest BCUT2D eigenvalue weighted by Crippen LogP contribution is 2.30. The summed E-state index contributed by atoms with van der Waals surface area (Å²) in [6.45, 7) is 3.82. The van der Waals surface area contributed by atoms with E-state index in [0.717, 1.165) is 39.0 Å². The number of carbonyl (C=O) groups excluding carboxylic acids is 5. The van der Waals surface area contributed by atoms with Crippen molar-refractivity contribution in [2.75, 3.05) is 48.4 Å². The quantitative estimate of drug-likeness (QED) is 0.341. The number of thioether (sulfide) groups is 1. The van der Waals surface area contributed by atoms with Crippen molar-refractivity contribution in [3.05, 3.63) is 45.4 Å². The van der Waals surface area contributed by atoms with E-state index in [1.165, 1.54) is 29.2 Å². The van der Waals surface area contributed by atoms with Crippen molar-refractivity contribution < 1.29 is 37.8 Å². The van der Waals surface area contributed by atoms with Gasteiger partial charge in [-0.25, -0.2) is 9.18 Å². The molecule has 4 rings (SSSR count). The zero-order chi connectivity index (χ0) is 31.3. The van der Waals surface area contributed by atoms with Crippen LogP contribution < -0.4 is 15.5 Å². The maximum Gasteiger partial charge on any atom is 0.414 e. The third-order valence-electron chi connectivity index (χ3n) is 6.88. The van der Waals surface area contributed by atoms with E-state index < -0.39 is 35.9 Å². The molecule has 1 aromatic heterocycles. The number of carbonyl (C=O) groups is 5. The van der Waals surface area contributed by atoms with E-state index in [2.05, 4.69) is 0 Å². The lowest BCUT2D eigenvalue weighted by Gasteiger charge is -2.27. The van der Waals surface area contributed by atoms with Crippen LogP contribution in [0.4, 0.5) is 20.6 Å². The number of ether oxygens (including phenoxy) is 2. The van der Waals surface area contributed by atoms with Crippen LogP contribution in [0.1, 0.15) is 36.4 Å². The van der Waals surface area contributed by atoms with Crippen molar-refractivity contribution in [1.29, 1.82) is 0 Å². The van der Waals surface area contributed by atoms with Gasteiger partial charge in [0.15, 0.2) is 0 Å². The maximum absolute atomic E-state index is 15.2. The van der Waals surface area contributed by atoms with Gasteiger partial charge in [0, 0.05) is 24.4 Å². The molecule has 2 aliphatic rings. The monoisotopic (exact) mass is 690 g/mol. The smallest absolute Gasteiger partial charge is 0.414 e. The summed E-state index contributed by atoms with van der Waals surface area (Å²) in [4.78, 5) is 67.3. The minimum Gasteiger partial charge on any atom is -0.442 e. The summed E-state index contributed by atoms with van der Waals surface area (Å²) in [7, 11) is 0. The second-order valence-electron chi connectivity index (χ2n) is 10.3. The topological polar surface area (TPSA) is 140 Å². The normalized spacial score (nSPS) is 17.4. The molecule has 1 aromatic carbocycles. The molecule has 2 aliphatic heterocycles. The number of rotatable bonds is 11. The number of hydrogen-bond acceptors (Lipinski definition) is 10. The molecular weight excluding hydrogens is 658 g/mol. The first-order chi connectivity index (χ1) is 20.5. The molecular formula is C28H33Cl2FN4O7S2. The SMILES string of the molecule is CC(C)[C@H](N)C(=O)SCCCC(=O)N(C[C@H]1CN(c2ccc(N3CCOCC3=O)cc2F)C(=O)O1)C(=O)c1ccc(Cl)s1.Cl. The Morgan fingerprint density at radius 1 is 1.20 bits per heavy atom. The molecule has 2 aromatic rings. The molecule has 0 bridgehead atoms. The van der Waals surface area contributed by atoms with Crippen molar-refractivity contribution in [3.63, 3.8) is 0 Å². The van der Waals surface area contributed by atoms with Crippen LogP contribution in [-0.4, -0.2) is 84.6 Å². The number of anilines is 2. The zero-order valence-electron chi connectivity index (χ0n) is 24.0. The predicted octanol–water partition coefficient (Wildman–Crippen LogP) is 4.34. The Balaban J connectivity index is 0.00000529. The maximum atomic E-state index is 15.2. The van der Waals surface area contributed by atoms with Gasteiger partial charge in [0.2, 0.25) is 11.0 Å². The lowest BCUT2D eigenvalue weighted by Crippen LogP contribution is -2.43. The van der Waals surface area contributed by atoms with Gasteiger partial charge >= 0.3 is 6.09 Å². The Hall–Kier alpha value is -2.75. The van der Waals surface area contributed by atoms with E-state index in [-0.39, 0.29) is 72.6 Å². The van der Waals surface area contributed by atoms with Gasteiger partial charge in [0.05, 0.1) is 40.6 Å². The van der Waals surface area contributed by atoms with Crippen LogP contribution in [0.25, 0.3) is 0 Å². The Kier molecular flexibility index (Phi) is 13.0. The molecule has 3 heterocycles. The number of imide groups is 1. The van der Waals surface area contributed by atoms with Gasteiger partial charge in [0.1, 0.15) is 18.5 Å². The summed E-state index contributed by atoms with van der Waals surface area (Å²) >= 11 is 8.06. The highest BCUT2D eigenvalue weighted by atomic mass is 35.5. The number of cyclic esters (lactones) is 1. The van der Waals surface area contributed by atoms with Gasteiger partial charge < -0.3 is 20.1 Å². The largest absolute Gasteiger partial charge is 0.442 e. The van der Waals surface area contributed by atoms with Crippen LogP contribution in [0, 0.1) is 11.7 Å². The molecule has 0 saturated carbocycles. The Morgan fingerprint density at radius 3 is 2.59 bits per heavy atom. The Bertz CT molecular complexity index is 1400. The first-order valence-electron chi connectivity index (χ1n) is 13.6. The number of morpholine rings is 1. The lowest BCUT2D eigenvalue weighted by atomic mass is 10.1. The fourth-order valence-corrected chi connectivity index (χ4v) is 6.40. The number of thiophene rings is 1. The molecule has 0 aliphatic carbocycles. The predicted molar refractivity (Wildman–Crippen MR) is 169 cm³/mol. The van der Waals surface area contributed by atoms with Crippen molar-refractivity contribution in [2.24, 2.45) is 11.7 Å². The summed E-state index contributed by atoms with van der Waals surface area (Å²) < 4.78 is 26.1. The third kappa shape index (κ3) is 8.70. The fraction of sp³-hybridized carbons (Fsp3) is 0.464. The van der Waals surface area contributed by atoms with Crippen LogP contribution in [0.2, 0.25) is 4.34 Å². The Labute approximate surface area is 273 Å². The van der Waals surface area contributed by atoms with E-state index in [4.69, 9.17) is 26.8 Å². The second-order valence-corrected chi connectivity index (χ2v) is 13.1. The van der Waals surface area contributed by atoms with Crippen LogP contribution in [0.3, 0.4) is 0 Å². The summed E-state index contributed by atoms with van der Waals surface area (Å²) in [5, 5.41) is -0.168. The second kappa shape index (κ2) is 16.0. The summed E-state index contributed by atoms with van der Waals surface area (Å²) in [5.74, 6) is -1.83. The first-order valence-corrected chi connectivity index (χ1v) is 15.8. The zero-order valence-corrected chi connectivity index (χ0v) is 27.2. The van der Waals surface area contributed by atoms with Gasteiger partial charge in [-0.15, -0.1) is 23.7 Å². The molecule has 11 nitrogen and oxygen atoms in total. The van der Waals surface area contributed by atoms with Crippen molar-refractivity contribution in [2.45, 2.75) is 38.8 Å². The molecule has 2 atom stereocenters. The van der Waals surface area contributed by atoms with Crippen LogP contribution in [0.5, 0.6) is 0 Å². The minimum atomic E-state index is -0.935. The van der Waals surface area contributed by atoms with E-state index in [1.54, 1.807) is 0 Å². The van der Waals surface area contributed by atoms with Gasteiger partial charge in [-0.2, -0.15) is 0 Å². The number of benzene rings is 1. The molecule has 2 fully saturated rings. The van der Waals surface area contributed by atoms with Gasteiger partial charge in [-0.1, -0.05) is 37.2 Å². The fourth-order valence-electron chi connectivity index (χ4n) is 4.45. The highest BCUT2D eigenvalue weighted by molar-refractivity contribution is 8.13. The van der Waals surface area contributed by atoms with E-state index in [9.17, 15) is 24.0 Å². The van der Waals surface area contributed by atoms with E-state index >= 15 is 4.39 Å². The van der Waals surface area contributed by atoms with Crippen molar-refractivity contribution >= 4 is 87.4 Å². The number of nitrogens with zero attached hydrogens (tertiary/aromatic N) is 3. The highest BCUT2D eigenvalue weighted by Gasteiger charge is 2.38. The molecule has 4 amide bonds. The summed E-state index contributed by atoms with van der Waals surface area (Å²) in [5.41, 5.74) is 6.15. The number of hydrogen-bond donors (Lipinski definition) is 1. The average molecular weight is 692 g/mol. The molecule has 0 radical (unpaired) electrons. The molecule has 2 saturated heterocycles. The van der Waals surface area contributed by atoms with Gasteiger partial charge in [-0.05, 0) is 42.7 Å². The first kappa shape index (κ1) is 35.7. The van der Waals surface area contributed by atoms with E-state index in [0.29, 0.717) is 28.8 Å². The Morgan fingerprint density at radius 2 is 1.95 bits per heavy atom. The number of halogens is 3. The lowest BCUT2D eigenvalue weighted by molar-refractivity contribution is -0.129. The molecule has 2 N–H and O–H groups in total. The van der Waals surface area contributed by atoms with Crippen molar-refractivity contribution in [1.82, 2.24) is 4.90 Å². The summed E-state index contributed by atoms with van der Waals surface area (Å²) in [6, 6.07) is 6.50. The standard InChI is InChI=1S/C28H32ClFN4O7S2.ClH/c1-16(2)25(31)27(38)42-11-3-4-23(35)34(26(37)21-7-8-22(29)43-21)14-18-13-33(28(39)41-18)20-6-5-17(12-19(20)30)32-9-10-40-15-24(32)36;/h5-8,12,16,18,25H,3-4,9-11,13-15,31H2,1-2H3;1H/t18-,25+;/m1./s1. The van der Waals surface area contributed by atoms with Crippen molar-refractivity contribution in [3.8, 4) is 0 Å². The van der Waals surface area contributed by atoms with Crippen LogP contribution >= 0.6 is 47.1 Å².